The molecule has 1 amide bonds. The van der Waals surface area contributed by atoms with Gasteiger partial charge in [-0.05, 0) is 94.8 Å². The first-order chi connectivity index (χ1) is 35.8. The summed E-state index contributed by atoms with van der Waals surface area (Å²) in [4.78, 5) is 69.6. The fourth-order valence-corrected chi connectivity index (χ4v) is 9.73. The van der Waals surface area contributed by atoms with Gasteiger partial charge < -0.3 is 21.5 Å². The van der Waals surface area contributed by atoms with Crippen LogP contribution in [0, 0.1) is 11.6 Å². The molecule has 2 unspecified atom stereocenters. The number of methoxy groups -OCH3 is 1. The summed E-state index contributed by atoms with van der Waals surface area (Å²) in [6.45, 7) is 5.22. The SMILES string of the molecule is CC(=O)Nc1ccc(-c2nn(C(C)c3nc4cccc(F)c4c(=O)n3C3CCC3)c3ncnc(N)c23)cc1.COc1ccc(-c2nn(C(C)c3nc4cccc(F)c4c(=O)n3C3CCC3)c3ncnc(N)c23)cn1. The molecule has 2 aliphatic rings. The third kappa shape index (κ3) is 8.07. The highest BCUT2D eigenvalue weighted by Gasteiger charge is 2.32. The summed E-state index contributed by atoms with van der Waals surface area (Å²) in [5, 5.41) is 13.6. The molecule has 22 heteroatoms. The fraction of sp³-hybridized carbons (Fsp3) is 0.269. The second-order valence-corrected chi connectivity index (χ2v) is 18.4. The second kappa shape index (κ2) is 18.8. The summed E-state index contributed by atoms with van der Waals surface area (Å²) in [6, 6.07) is 18.6. The normalized spacial score (nSPS) is 14.6. The van der Waals surface area contributed by atoms with Gasteiger partial charge in [0.25, 0.3) is 11.1 Å². The van der Waals surface area contributed by atoms with Crippen molar-refractivity contribution in [2.24, 2.45) is 0 Å². The van der Waals surface area contributed by atoms with E-state index < -0.39 is 23.7 Å². The number of nitrogens with zero attached hydrogens (tertiary/aromatic N) is 13. The average Bonchev–Trinajstić information content (AvgIpc) is 3.96. The van der Waals surface area contributed by atoms with Crippen molar-refractivity contribution in [1.29, 1.82) is 0 Å². The van der Waals surface area contributed by atoms with Gasteiger partial charge in [-0.25, -0.2) is 53.0 Å². The number of hydrogen-bond acceptors (Lipinski definition) is 15. The van der Waals surface area contributed by atoms with E-state index in [1.54, 1.807) is 74.3 Å². The number of nitrogens with two attached hydrogens (primary N) is 2. The molecular formula is C52H48F2N16O4. The Labute approximate surface area is 419 Å². The molecule has 5 N–H and O–H groups in total. The molecule has 20 nitrogen and oxygen atoms in total. The first-order valence-corrected chi connectivity index (χ1v) is 24.1. The van der Waals surface area contributed by atoms with Gasteiger partial charge in [-0.1, -0.05) is 24.3 Å². The lowest BCUT2D eigenvalue weighted by atomic mass is 9.92. The van der Waals surface area contributed by atoms with E-state index in [0.29, 0.717) is 73.3 Å². The number of carbonyl (C=O) groups excluding carboxylic acids is 1. The van der Waals surface area contributed by atoms with E-state index in [1.165, 1.54) is 31.7 Å². The molecule has 0 bridgehead atoms. The molecule has 2 fully saturated rings. The van der Waals surface area contributed by atoms with Gasteiger partial charge in [0.15, 0.2) is 11.3 Å². The van der Waals surface area contributed by atoms with Crippen molar-refractivity contribution in [2.75, 3.05) is 23.9 Å². The van der Waals surface area contributed by atoms with Crippen LogP contribution in [0.15, 0.2) is 101 Å². The zero-order valence-corrected chi connectivity index (χ0v) is 40.6. The van der Waals surface area contributed by atoms with E-state index in [2.05, 4.69) is 30.2 Å². The highest BCUT2D eigenvalue weighted by atomic mass is 19.1. The second-order valence-electron chi connectivity index (χ2n) is 18.4. The van der Waals surface area contributed by atoms with Crippen LogP contribution in [0.25, 0.3) is 66.4 Å². The van der Waals surface area contributed by atoms with Crippen LogP contribution in [0.1, 0.15) is 95.1 Å². The average molecular weight is 999 g/mol. The van der Waals surface area contributed by atoms with Gasteiger partial charge in [-0.3, -0.25) is 23.5 Å². The topological polar surface area (TPSA) is 260 Å². The maximum Gasteiger partial charge on any atom is 0.264 e. The third-order valence-corrected chi connectivity index (χ3v) is 13.9. The van der Waals surface area contributed by atoms with E-state index in [0.717, 1.165) is 44.1 Å². The lowest BCUT2D eigenvalue weighted by molar-refractivity contribution is -0.114. The Balaban J connectivity index is 0.000000159. The van der Waals surface area contributed by atoms with Crippen molar-refractivity contribution in [3.05, 3.63) is 136 Å². The van der Waals surface area contributed by atoms with Gasteiger partial charge >= 0.3 is 0 Å². The highest BCUT2D eigenvalue weighted by Crippen LogP contribution is 2.39. The quantitative estimate of drug-likeness (QED) is 0.118. The van der Waals surface area contributed by atoms with Crippen molar-refractivity contribution in [3.8, 4) is 28.4 Å². The molecule has 0 aliphatic heterocycles. The van der Waals surface area contributed by atoms with E-state index in [4.69, 9.17) is 36.4 Å². The van der Waals surface area contributed by atoms with E-state index >= 15 is 0 Å². The number of carbonyl (C=O) groups is 1. The number of rotatable bonds is 10. The summed E-state index contributed by atoms with van der Waals surface area (Å²) in [7, 11) is 1.55. The highest BCUT2D eigenvalue weighted by molar-refractivity contribution is 5.99. The lowest BCUT2D eigenvalue weighted by Gasteiger charge is -2.31. The van der Waals surface area contributed by atoms with Crippen LogP contribution in [0.3, 0.4) is 0 Å². The van der Waals surface area contributed by atoms with Gasteiger partial charge in [0.1, 0.15) is 81.8 Å². The van der Waals surface area contributed by atoms with Crippen molar-refractivity contribution < 1.29 is 18.3 Å². The lowest BCUT2D eigenvalue weighted by Crippen LogP contribution is -2.35. The number of benzene rings is 3. The number of fused-ring (bicyclic) bond motifs is 4. The number of nitrogen functional groups attached to an aromatic ring is 2. The maximum atomic E-state index is 14.7. The number of aromatic nitrogens is 13. The summed E-state index contributed by atoms with van der Waals surface area (Å²) < 4.78 is 41.1. The molecule has 2 saturated carbocycles. The Bertz CT molecular complexity index is 3960. The van der Waals surface area contributed by atoms with Gasteiger partial charge in [-0.15, -0.1) is 0 Å². The fourth-order valence-electron chi connectivity index (χ4n) is 9.73. The Hall–Kier alpha value is -9.08. The summed E-state index contributed by atoms with van der Waals surface area (Å²) >= 11 is 0. The molecule has 374 valence electrons. The molecule has 10 aromatic rings. The molecule has 0 spiro atoms. The van der Waals surface area contributed by atoms with E-state index in [1.807, 2.05) is 32.0 Å². The minimum absolute atomic E-state index is 0.00207. The molecule has 0 saturated heterocycles. The van der Waals surface area contributed by atoms with Crippen LogP contribution in [0.5, 0.6) is 5.88 Å². The standard InChI is InChI=1S/C27H25FN8O2.C25H23FN8O2/c1-14(25-33-20-8-4-7-19(28)21(20)27(38)35(25)18-5-3-6-18)36-26-22(24(29)30-13-31-26)23(34-36)16-9-11-17(12-10-16)32-15(2)37;1-13(23-31-17-8-4-7-16(26)19(17)25(35)33(23)15-5-3-6-15)34-24-20(22(27)29-12-30-24)21(32-34)14-9-10-18(36-2)28-11-14/h4,7-14,18H,3,5-6H2,1-2H3,(H,32,37)(H2,29,30,31);4,7-13,15H,3,5-6H2,1-2H3,(H2,27,29,30). The van der Waals surface area contributed by atoms with Crippen LogP contribution in [0.2, 0.25) is 0 Å². The largest absolute Gasteiger partial charge is 0.481 e. The van der Waals surface area contributed by atoms with Crippen molar-refractivity contribution >= 4 is 67.1 Å². The Morgan fingerprint density at radius 1 is 0.649 bits per heavy atom. The molecule has 0 radical (unpaired) electrons. The smallest absolute Gasteiger partial charge is 0.264 e. The third-order valence-electron chi connectivity index (χ3n) is 13.9. The minimum atomic E-state index is -0.581. The number of nitrogens with one attached hydrogen (secondary N) is 1. The molecule has 12 rings (SSSR count). The van der Waals surface area contributed by atoms with Gasteiger partial charge in [0.05, 0.1) is 28.9 Å². The van der Waals surface area contributed by atoms with Crippen LogP contribution in [0.4, 0.5) is 26.1 Å². The zero-order chi connectivity index (χ0) is 51.5. The predicted octanol–water partition coefficient (Wildman–Crippen LogP) is 7.88. The Morgan fingerprint density at radius 2 is 1.12 bits per heavy atom. The number of ether oxygens (including phenoxy) is 1. The van der Waals surface area contributed by atoms with Crippen LogP contribution < -0.4 is 32.6 Å². The molecule has 74 heavy (non-hydrogen) atoms. The van der Waals surface area contributed by atoms with Gasteiger partial charge in [0, 0.05) is 48.1 Å². The first-order valence-electron chi connectivity index (χ1n) is 24.1. The Kier molecular flexibility index (Phi) is 12.0. The molecule has 2 aliphatic carbocycles. The number of pyridine rings is 1. The van der Waals surface area contributed by atoms with Crippen molar-refractivity contribution in [1.82, 2.24) is 63.6 Å². The van der Waals surface area contributed by atoms with Crippen LogP contribution in [-0.2, 0) is 4.79 Å². The van der Waals surface area contributed by atoms with E-state index in [-0.39, 0.29) is 51.5 Å². The van der Waals surface area contributed by atoms with Gasteiger partial charge in [0.2, 0.25) is 11.8 Å². The Morgan fingerprint density at radius 3 is 1.54 bits per heavy atom. The zero-order valence-electron chi connectivity index (χ0n) is 40.6. The number of hydrogen-bond donors (Lipinski definition) is 3. The van der Waals surface area contributed by atoms with Gasteiger partial charge in [-0.2, -0.15) is 10.2 Å². The number of halogens is 2. The molecular weight excluding hydrogens is 951 g/mol. The monoisotopic (exact) mass is 998 g/mol. The van der Waals surface area contributed by atoms with Crippen LogP contribution in [-0.4, -0.2) is 76.6 Å². The van der Waals surface area contributed by atoms with E-state index in [9.17, 15) is 23.2 Å². The first kappa shape index (κ1) is 47.3. The molecule has 2 atom stereocenters. The van der Waals surface area contributed by atoms with Crippen molar-refractivity contribution in [2.45, 2.75) is 83.5 Å². The number of anilines is 3. The predicted molar refractivity (Wildman–Crippen MR) is 274 cm³/mol. The number of amides is 1. The summed E-state index contributed by atoms with van der Waals surface area (Å²) in [6.07, 6.45) is 9.69. The molecule has 7 aromatic heterocycles. The molecule has 3 aromatic carbocycles. The summed E-state index contributed by atoms with van der Waals surface area (Å²) in [5.41, 5.74) is 16.6. The molecule has 7 heterocycles. The van der Waals surface area contributed by atoms with Crippen LogP contribution >= 0.6 is 0 Å². The van der Waals surface area contributed by atoms with Crippen molar-refractivity contribution in [3.63, 3.8) is 0 Å². The maximum absolute atomic E-state index is 14.7. The minimum Gasteiger partial charge on any atom is -0.481 e. The summed E-state index contributed by atoms with van der Waals surface area (Å²) in [5.74, 6) is 0.652.